The molecule has 2 N–H and O–H groups in total. The molecule has 2 unspecified atom stereocenters. The first kappa shape index (κ1) is 11.6. The van der Waals surface area contributed by atoms with Crippen molar-refractivity contribution in [3.05, 3.63) is 22.4 Å². The van der Waals surface area contributed by atoms with Gasteiger partial charge < -0.3 is 10.6 Å². The average Bonchev–Trinajstić information content (AvgIpc) is 2.82. The van der Waals surface area contributed by atoms with Crippen molar-refractivity contribution in [2.45, 2.75) is 13.3 Å². The zero-order valence-corrected chi connectivity index (χ0v) is 10.4. The van der Waals surface area contributed by atoms with E-state index in [2.05, 4.69) is 6.92 Å². The number of piperidine rings is 1. The van der Waals surface area contributed by atoms with Crippen LogP contribution in [0.2, 0.25) is 0 Å². The fraction of sp³-hybridized carbons (Fsp3) is 0.583. The van der Waals surface area contributed by atoms with Crippen LogP contribution in [0.3, 0.4) is 0 Å². The largest absolute Gasteiger partial charge is 0.338 e. The van der Waals surface area contributed by atoms with Gasteiger partial charge in [0.25, 0.3) is 5.91 Å². The molecular formula is C12H18N2OS. The number of rotatable bonds is 2. The first-order chi connectivity index (χ1) is 7.72. The van der Waals surface area contributed by atoms with Crippen LogP contribution in [0, 0.1) is 11.8 Å². The van der Waals surface area contributed by atoms with E-state index in [-0.39, 0.29) is 5.91 Å². The summed E-state index contributed by atoms with van der Waals surface area (Å²) in [7, 11) is 0. The van der Waals surface area contributed by atoms with Crippen molar-refractivity contribution in [3.8, 4) is 0 Å². The van der Waals surface area contributed by atoms with Gasteiger partial charge in [-0.2, -0.15) is 0 Å². The second kappa shape index (κ2) is 4.97. The van der Waals surface area contributed by atoms with Crippen molar-refractivity contribution in [1.82, 2.24) is 4.90 Å². The minimum absolute atomic E-state index is 0.167. The molecule has 16 heavy (non-hydrogen) atoms. The molecule has 3 nitrogen and oxygen atoms in total. The number of hydrogen-bond acceptors (Lipinski definition) is 3. The zero-order chi connectivity index (χ0) is 11.5. The van der Waals surface area contributed by atoms with Crippen LogP contribution in [0.15, 0.2) is 17.5 Å². The molecule has 4 heteroatoms. The van der Waals surface area contributed by atoms with Crippen LogP contribution < -0.4 is 5.73 Å². The van der Waals surface area contributed by atoms with Gasteiger partial charge in [-0.05, 0) is 36.2 Å². The molecule has 1 aromatic rings. The molecule has 1 aliphatic heterocycles. The van der Waals surface area contributed by atoms with Crippen LogP contribution in [-0.2, 0) is 0 Å². The Morgan fingerprint density at radius 2 is 2.50 bits per heavy atom. The molecule has 0 saturated carbocycles. The first-order valence-electron chi connectivity index (χ1n) is 5.75. The van der Waals surface area contributed by atoms with E-state index in [9.17, 15) is 4.79 Å². The highest BCUT2D eigenvalue weighted by molar-refractivity contribution is 7.12. The quantitative estimate of drug-likeness (QED) is 0.854. The van der Waals surface area contributed by atoms with E-state index in [1.165, 1.54) is 11.3 Å². The summed E-state index contributed by atoms with van der Waals surface area (Å²) in [4.78, 5) is 14.9. The van der Waals surface area contributed by atoms with Gasteiger partial charge in [-0.15, -0.1) is 11.3 Å². The maximum Gasteiger partial charge on any atom is 0.263 e. The van der Waals surface area contributed by atoms with Crippen molar-refractivity contribution in [1.29, 1.82) is 0 Å². The van der Waals surface area contributed by atoms with Crippen molar-refractivity contribution in [3.63, 3.8) is 0 Å². The molecule has 88 valence electrons. The standard InChI is InChI=1S/C12H18N2OS/c1-9-4-5-14(8-10(9)7-13)12(15)11-3-2-6-16-11/h2-3,6,9-10H,4-5,7-8,13H2,1H3. The maximum absolute atomic E-state index is 12.1. The number of nitrogens with zero attached hydrogens (tertiary/aromatic N) is 1. The highest BCUT2D eigenvalue weighted by Crippen LogP contribution is 2.24. The first-order valence-corrected chi connectivity index (χ1v) is 6.63. The second-order valence-electron chi connectivity index (χ2n) is 4.49. The molecule has 2 atom stereocenters. The lowest BCUT2D eigenvalue weighted by molar-refractivity contribution is 0.0623. The Labute approximate surface area is 100 Å². The Hall–Kier alpha value is -0.870. The number of likely N-dealkylation sites (tertiary alicyclic amines) is 1. The van der Waals surface area contributed by atoms with E-state index in [1.807, 2.05) is 22.4 Å². The molecule has 1 fully saturated rings. The monoisotopic (exact) mass is 238 g/mol. The van der Waals surface area contributed by atoms with Gasteiger partial charge in [-0.25, -0.2) is 0 Å². The van der Waals surface area contributed by atoms with E-state index < -0.39 is 0 Å². The lowest BCUT2D eigenvalue weighted by Crippen LogP contribution is -2.45. The molecule has 0 aliphatic carbocycles. The van der Waals surface area contributed by atoms with E-state index in [0.29, 0.717) is 18.4 Å². The number of nitrogens with two attached hydrogens (primary N) is 1. The van der Waals surface area contributed by atoms with Crippen molar-refractivity contribution >= 4 is 17.2 Å². The van der Waals surface area contributed by atoms with E-state index >= 15 is 0 Å². The maximum atomic E-state index is 12.1. The molecule has 0 aromatic carbocycles. The molecule has 1 aliphatic rings. The van der Waals surface area contributed by atoms with Gasteiger partial charge >= 0.3 is 0 Å². The molecule has 1 aromatic heterocycles. The van der Waals surface area contributed by atoms with Crippen LogP contribution in [0.25, 0.3) is 0 Å². The predicted octanol–water partition coefficient (Wildman–Crippen LogP) is 1.80. The number of hydrogen-bond donors (Lipinski definition) is 1. The number of carbonyl (C=O) groups is 1. The molecule has 0 radical (unpaired) electrons. The average molecular weight is 238 g/mol. The lowest BCUT2D eigenvalue weighted by atomic mass is 9.87. The summed E-state index contributed by atoms with van der Waals surface area (Å²) < 4.78 is 0. The van der Waals surface area contributed by atoms with Crippen molar-refractivity contribution in [2.24, 2.45) is 17.6 Å². The van der Waals surface area contributed by atoms with Gasteiger partial charge in [0.1, 0.15) is 0 Å². The molecular weight excluding hydrogens is 220 g/mol. The summed E-state index contributed by atoms with van der Waals surface area (Å²) in [6.45, 7) is 4.59. The second-order valence-corrected chi connectivity index (χ2v) is 5.44. The predicted molar refractivity (Wildman–Crippen MR) is 66.5 cm³/mol. The summed E-state index contributed by atoms with van der Waals surface area (Å²) in [6.07, 6.45) is 1.07. The summed E-state index contributed by atoms with van der Waals surface area (Å²) >= 11 is 1.51. The van der Waals surface area contributed by atoms with Gasteiger partial charge in [-0.1, -0.05) is 13.0 Å². The van der Waals surface area contributed by atoms with Crippen LogP contribution in [0.5, 0.6) is 0 Å². The Kier molecular flexibility index (Phi) is 3.61. The fourth-order valence-corrected chi connectivity index (χ4v) is 2.89. The third kappa shape index (κ3) is 2.28. The SMILES string of the molecule is CC1CCN(C(=O)c2cccs2)CC1CN. The number of thiophene rings is 1. The Morgan fingerprint density at radius 3 is 3.12 bits per heavy atom. The summed E-state index contributed by atoms with van der Waals surface area (Å²) in [5.41, 5.74) is 5.74. The van der Waals surface area contributed by atoms with E-state index in [1.54, 1.807) is 0 Å². The number of amides is 1. The van der Waals surface area contributed by atoms with Gasteiger partial charge in [0.05, 0.1) is 4.88 Å². The fourth-order valence-electron chi connectivity index (χ4n) is 2.20. The van der Waals surface area contributed by atoms with Crippen LogP contribution >= 0.6 is 11.3 Å². The highest BCUT2D eigenvalue weighted by atomic mass is 32.1. The zero-order valence-electron chi connectivity index (χ0n) is 9.56. The highest BCUT2D eigenvalue weighted by Gasteiger charge is 2.28. The molecule has 2 heterocycles. The van der Waals surface area contributed by atoms with Gasteiger partial charge in [-0.3, -0.25) is 4.79 Å². The molecule has 0 bridgehead atoms. The lowest BCUT2D eigenvalue weighted by Gasteiger charge is -2.36. The minimum Gasteiger partial charge on any atom is -0.338 e. The smallest absolute Gasteiger partial charge is 0.263 e. The summed E-state index contributed by atoms with van der Waals surface area (Å²) in [5.74, 6) is 1.26. The minimum atomic E-state index is 0.167. The Bertz CT molecular complexity index is 350. The Morgan fingerprint density at radius 1 is 1.69 bits per heavy atom. The molecule has 1 saturated heterocycles. The molecule has 1 amide bonds. The van der Waals surface area contributed by atoms with Crippen molar-refractivity contribution < 1.29 is 4.79 Å². The third-order valence-corrected chi connectivity index (χ3v) is 4.29. The van der Waals surface area contributed by atoms with E-state index in [0.717, 1.165) is 24.4 Å². The van der Waals surface area contributed by atoms with Crippen molar-refractivity contribution in [2.75, 3.05) is 19.6 Å². The number of carbonyl (C=O) groups excluding carboxylic acids is 1. The van der Waals surface area contributed by atoms with Crippen LogP contribution in [0.1, 0.15) is 23.0 Å². The molecule has 2 rings (SSSR count). The normalized spacial score (nSPS) is 25.8. The van der Waals surface area contributed by atoms with E-state index in [4.69, 9.17) is 5.73 Å². The van der Waals surface area contributed by atoms with Crippen LogP contribution in [0.4, 0.5) is 0 Å². The summed E-state index contributed by atoms with van der Waals surface area (Å²) in [6, 6.07) is 3.81. The Balaban J connectivity index is 2.03. The van der Waals surface area contributed by atoms with Gasteiger partial charge in [0.15, 0.2) is 0 Å². The third-order valence-electron chi connectivity index (χ3n) is 3.44. The topological polar surface area (TPSA) is 46.3 Å². The van der Waals surface area contributed by atoms with Crippen LogP contribution in [-0.4, -0.2) is 30.4 Å². The summed E-state index contributed by atoms with van der Waals surface area (Å²) in [5, 5.41) is 1.94. The van der Waals surface area contributed by atoms with Gasteiger partial charge in [0.2, 0.25) is 0 Å². The van der Waals surface area contributed by atoms with Gasteiger partial charge in [0, 0.05) is 13.1 Å². The molecule has 0 spiro atoms.